The summed E-state index contributed by atoms with van der Waals surface area (Å²) >= 11 is 0. The van der Waals surface area contributed by atoms with Crippen molar-refractivity contribution >= 4 is 5.78 Å². The van der Waals surface area contributed by atoms with Crippen LogP contribution >= 0.6 is 0 Å². The van der Waals surface area contributed by atoms with Gasteiger partial charge < -0.3 is 4.74 Å². The highest BCUT2D eigenvalue weighted by atomic mass is 19.1. The zero-order chi connectivity index (χ0) is 12.5. The normalized spacial score (nSPS) is 18.1. The van der Waals surface area contributed by atoms with Gasteiger partial charge in [0.2, 0.25) is 0 Å². The Bertz CT molecular complexity index is 590. The van der Waals surface area contributed by atoms with E-state index in [1.54, 1.807) is 24.3 Å². The molecule has 0 saturated carbocycles. The molecule has 0 spiro atoms. The highest BCUT2D eigenvalue weighted by molar-refractivity contribution is 5.99. The van der Waals surface area contributed by atoms with Crippen molar-refractivity contribution in [2.24, 2.45) is 0 Å². The number of ether oxygens (including phenoxy) is 1. The molecule has 3 rings (SSSR count). The first-order chi connectivity index (χ1) is 8.74. The van der Waals surface area contributed by atoms with Crippen molar-refractivity contribution in [1.82, 2.24) is 0 Å². The Morgan fingerprint density at radius 1 is 1.06 bits per heavy atom. The Morgan fingerprint density at radius 3 is 2.56 bits per heavy atom. The Kier molecular flexibility index (Phi) is 2.59. The third kappa shape index (κ3) is 1.88. The number of benzene rings is 2. The molecule has 2 aromatic carbocycles. The first kappa shape index (κ1) is 11.0. The highest BCUT2D eigenvalue weighted by Crippen LogP contribution is 2.34. The number of ketones is 1. The third-order valence-corrected chi connectivity index (χ3v) is 3.07. The minimum Gasteiger partial charge on any atom is -0.484 e. The minimum atomic E-state index is -0.326. The molecule has 1 aliphatic rings. The second kappa shape index (κ2) is 4.26. The average Bonchev–Trinajstić information content (AvgIpc) is 2.39. The van der Waals surface area contributed by atoms with Gasteiger partial charge in [-0.15, -0.1) is 0 Å². The fourth-order valence-corrected chi connectivity index (χ4v) is 2.14. The number of rotatable bonds is 1. The third-order valence-electron chi connectivity index (χ3n) is 3.07. The maximum Gasteiger partial charge on any atom is 0.170 e. The topological polar surface area (TPSA) is 26.3 Å². The van der Waals surface area contributed by atoms with Crippen molar-refractivity contribution in [3.63, 3.8) is 0 Å². The van der Waals surface area contributed by atoms with E-state index in [-0.39, 0.29) is 17.7 Å². The predicted molar refractivity (Wildman–Crippen MR) is 65.2 cm³/mol. The number of Topliss-reactive ketones (excluding diaryl/α,β-unsaturated/α-hetero) is 1. The summed E-state index contributed by atoms with van der Waals surface area (Å²) in [6.45, 7) is 0. The van der Waals surface area contributed by atoms with Crippen LogP contribution < -0.4 is 4.74 Å². The predicted octanol–water partition coefficient (Wildman–Crippen LogP) is 3.53. The molecular formula is C15H11FO2. The maximum atomic E-state index is 12.9. The van der Waals surface area contributed by atoms with E-state index in [9.17, 15) is 9.18 Å². The van der Waals surface area contributed by atoms with Crippen molar-refractivity contribution in [2.75, 3.05) is 0 Å². The molecule has 0 radical (unpaired) electrons. The van der Waals surface area contributed by atoms with Crippen LogP contribution in [0.5, 0.6) is 5.75 Å². The average molecular weight is 242 g/mol. The standard InChI is InChI=1S/C15H11FO2/c16-11-7-5-10(6-8-11)15-9-13(17)12-3-1-2-4-14(12)18-15/h1-8,15H,9H2/t15-/m1/s1. The summed E-state index contributed by atoms with van der Waals surface area (Å²) < 4.78 is 18.6. The van der Waals surface area contributed by atoms with E-state index in [1.165, 1.54) is 12.1 Å². The lowest BCUT2D eigenvalue weighted by Crippen LogP contribution is -2.20. The smallest absolute Gasteiger partial charge is 0.170 e. The van der Waals surface area contributed by atoms with Crippen LogP contribution in [0, 0.1) is 5.82 Å². The lowest BCUT2D eigenvalue weighted by atomic mass is 9.96. The number of fused-ring (bicyclic) bond motifs is 1. The molecule has 1 atom stereocenters. The summed E-state index contributed by atoms with van der Waals surface area (Å²) in [4.78, 5) is 12.0. The highest BCUT2D eigenvalue weighted by Gasteiger charge is 2.27. The Morgan fingerprint density at radius 2 is 1.78 bits per heavy atom. The van der Waals surface area contributed by atoms with Gasteiger partial charge in [0.05, 0.1) is 12.0 Å². The summed E-state index contributed by atoms with van der Waals surface area (Å²) in [7, 11) is 0. The largest absolute Gasteiger partial charge is 0.484 e. The van der Waals surface area contributed by atoms with E-state index in [0.717, 1.165) is 5.56 Å². The van der Waals surface area contributed by atoms with Crippen LogP contribution in [0.25, 0.3) is 0 Å². The van der Waals surface area contributed by atoms with Gasteiger partial charge in [0.1, 0.15) is 17.7 Å². The lowest BCUT2D eigenvalue weighted by Gasteiger charge is -2.25. The van der Waals surface area contributed by atoms with Gasteiger partial charge >= 0.3 is 0 Å². The fourth-order valence-electron chi connectivity index (χ4n) is 2.14. The van der Waals surface area contributed by atoms with Gasteiger partial charge in [-0.2, -0.15) is 0 Å². The molecule has 1 aliphatic heterocycles. The molecule has 0 unspecified atom stereocenters. The number of hydrogen-bond acceptors (Lipinski definition) is 2. The van der Waals surface area contributed by atoms with Crippen LogP contribution in [0.3, 0.4) is 0 Å². The molecule has 18 heavy (non-hydrogen) atoms. The molecular weight excluding hydrogens is 231 g/mol. The zero-order valence-corrected chi connectivity index (χ0v) is 9.60. The molecule has 90 valence electrons. The van der Waals surface area contributed by atoms with Crippen LogP contribution in [-0.4, -0.2) is 5.78 Å². The Labute approximate surface area is 104 Å². The summed E-state index contributed by atoms with van der Waals surface area (Å²) in [5, 5.41) is 0. The van der Waals surface area contributed by atoms with Crippen molar-refractivity contribution in [3.05, 3.63) is 65.5 Å². The van der Waals surface area contributed by atoms with Gasteiger partial charge in [-0.3, -0.25) is 4.79 Å². The van der Waals surface area contributed by atoms with Crippen LogP contribution in [-0.2, 0) is 0 Å². The Balaban J connectivity index is 1.94. The SMILES string of the molecule is O=C1C[C@H](c2ccc(F)cc2)Oc2ccccc21. The van der Waals surface area contributed by atoms with Crippen molar-refractivity contribution in [2.45, 2.75) is 12.5 Å². The summed E-state index contributed by atoms with van der Waals surface area (Å²) in [6.07, 6.45) is -0.0316. The molecule has 1 heterocycles. The van der Waals surface area contributed by atoms with Gasteiger partial charge in [0, 0.05) is 0 Å². The number of carbonyl (C=O) groups excluding carboxylic acids is 1. The van der Waals surface area contributed by atoms with E-state index in [4.69, 9.17) is 4.74 Å². The van der Waals surface area contributed by atoms with Crippen LogP contribution in [0.2, 0.25) is 0 Å². The van der Waals surface area contributed by atoms with Crippen molar-refractivity contribution in [1.29, 1.82) is 0 Å². The summed E-state index contributed by atoms with van der Waals surface area (Å²) in [6, 6.07) is 13.3. The Hall–Kier alpha value is -2.16. The quantitative estimate of drug-likeness (QED) is 0.764. The fraction of sp³-hybridized carbons (Fsp3) is 0.133. The second-order valence-corrected chi connectivity index (χ2v) is 4.28. The molecule has 0 saturated heterocycles. The van der Waals surface area contributed by atoms with E-state index in [2.05, 4.69) is 0 Å². The first-order valence-electron chi connectivity index (χ1n) is 5.78. The zero-order valence-electron chi connectivity index (χ0n) is 9.60. The molecule has 0 aliphatic carbocycles. The first-order valence-corrected chi connectivity index (χ1v) is 5.78. The molecule has 0 aromatic heterocycles. The van der Waals surface area contributed by atoms with Gasteiger partial charge in [0.25, 0.3) is 0 Å². The second-order valence-electron chi connectivity index (χ2n) is 4.28. The lowest BCUT2D eigenvalue weighted by molar-refractivity contribution is 0.0850. The van der Waals surface area contributed by atoms with Gasteiger partial charge in [-0.05, 0) is 29.8 Å². The molecule has 0 fully saturated rings. The summed E-state index contributed by atoms with van der Waals surface area (Å²) in [5.41, 5.74) is 1.44. The van der Waals surface area contributed by atoms with Crippen molar-refractivity contribution < 1.29 is 13.9 Å². The molecule has 0 bridgehead atoms. The summed E-state index contributed by atoms with van der Waals surface area (Å²) in [5.74, 6) is 0.371. The molecule has 0 N–H and O–H groups in total. The van der Waals surface area contributed by atoms with E-state index in [1.807, 2.05) is 12.1 Å². The van der Waals surface area contributed by atoms with Gasteiger partial charge in [0.15, 0.2) is 5.78 Å². The monoisotopic (exact) mass is 242 g/mol. The van der Waals surface area contributed by atoms with E-state index >= 15 is 0 Å². The van der Waals surface area contributed by atoms with Gasteiger partial charge in [-0.25, -0.2) is 4.39 Å². The van der Waals surface area contributed by atoms with E-state index < -0.39 is 0 Å². The van der Waals surface area contributed by atoms with Crippen LogP contribution in [0.1, 0.15) is 28.4 Å². The van der Waals surface area contributed by atoms with Crippen molar-refractivity contribution in [3.8, 4) is 5.75 Å². The molecule has 3 heteroatoms. The van der Waals surface area contributed by atoms with Crippen LogP contribution in [0.15, 0.2) is 48.5 Å². The van der Waals surface area contributed by atoms with Crippen LogP contribution in [0.4, 0.5) is 4.39 Å². The molecule has 0 amide bonds. The molecule has 2 nitrogen and oxygen atoms in total. The van der Waals surface area contributed by atoms with E-state index in [0.29, 0.717) is 17.7 Å². The van der Waals surface area contributed by atoms with Gasteiger partial charge in [-0.1, -0.05) is 24.3 Å². The molecule has 2 aromatic rings. The number of para-hydroxylation sites is 1. The maximum absolute atomic E-state index is 12.9. The number of halogens is 1. The number of hydrogen-bond donors (Lipinski definition) is 0. The number of carbonyl (C=O) groups is 1. The minimum absolute atomic E-state index is 0.0613.